The quantitative estimate of drug-likeness (QED) is 0.111. The van der Waals surface area contributed by atoms with Gasteiger partial charge in [-0.3, -0.25) is 0 Å². The zero-order chi connectivity index (χ0) is 23.3. The zero-order valence-corrected chi connectivity index (χ0v) is 25.7. The fraction of sp³-hybridized carbons (Fsp3) is 0.786. The molecule has 0 aliphatic carbocycles. The Morgan fingerprint density at radius 1 is 0.576 bits per heavy atom. The van der Waals surface area contributed by atoms with Crippen molar-refractivity contribution in [2.24, 2.45) is 0 Å². The Morgan fingerprint density at radius 3 is 1.27 bits per heavy atom. The molecule has 0 N–H and O–H groups in total. The van der Waals surface area contributed by atoms with Gasteiger partial charge in [-0.1, -0.05) is 147 Å². The largest absolute Gasteiger partial charge is 1.00 e. The summed E-state index contributed by atoms with van der Waals surface area (Å²) in [7, 11) is -4.36. The van der Waals surface area contributed by atoms with Crippen LogP contribution in [0.4, 0.5) is 0 Å². The van der Waals surface area contributed by atoms with E-state index in [1.54, 1.807) is 18.2 Å². The van der Waals surface area contributed by atoms with Crippen molar-refractivity contribution in [1.82, 2.24) is 0 Å². The SMILES string of the molecule is CCCCCCCCCCCCCCCCCCCCCCc1ccccc1S(=O)(=O)[O-].[K+]. The summed E-state index contributed by atoms with van der Waals surface area (Å²) in [5, 5.41) is 0. The van der Waals surface area contributed by atoms with Crippen molar-refractivity contribution in [3.05, 3.63) is 29.8 Å². The summed E-state index contributed by atoms with van der Waals surface area (Å²) < 4.78 is 33.9. The van der Waals surface area contributed by atoms with Gasteiger partial charge in [0.25, 0.3) is 0 Å². The van der Waals surface area contributed by atoms with Gasteiger partial charge in [-0.2, -0.15) is 0 Å². The number of unbranched alkanes of at least 4 members (excludes halogenated alkanes) is 19. The Balaban J connectivity index is 0.0000102. The Hall–Kier alpha value is 0.766. The molecule has 0 spiro atoms. The second-order valence-electron chi connectivity index (χ2n) is 9.53. The minimum Gasteiger partial charge on any atom is -0.744 e. The average Bonchev–Trinajstić information content (AvgIpc) is 2.77. The molecule has 3 nitrogen and oxygen atoms in total. The van der Waals surface area contributed by atoms with Crippen molar-refractivity contribution < 1.29 is 64.4 Å². The fourth-order valence-electron chi connectivity index (χ4n) is 4.52. The summed E-state index contributed by atoms with van der Waals surface area (Å²) in [5.41, 5.74) is 0.671. The van der Waals surface area contributed by atoms with Crippen molar-refractivity contribution in [3.8, 4) is 0 Å². The number of hydrogen-bond donors (Lipinski definition) is 0. The van der Waals surface area contributed by atoms with Gasteiger partial charge in [-0.25, -0.2) is 8.42 Å². The van der Waals surface area contributed by atoms with Crippen LogP contribution in [0.1, 0.15) is 141 Å². The van der Waals surface area contributed by atoms with Gasteiger partial charge >= 0.3 is 51.4 Å². The number of hydrogen-bond acceptors (Lipinski definition) is 3. The van der Waals surface area contributed by atoms with Crippen LogP contribution in [0, 0.1) is 0 Å². The summed E-state index contributed by atoms with van der Waals surface area (Å²) in [6.07, 6.45) is 27.7. The van der Waals surface area contributed by atoms with Crippen LogP contribution >= 0.6 is 0 Å². The molecule has 0 heterocycles. The molecule has 0 atom stereocenters. The summed E-state index contributed by atoms with van der Waals surface area (Å²) in [4.78, 5) is -0.0437. The Bertz CT molecular complexity index is 661. The molecule has 0 bridgehead atoms. The van der Waals surface area contributed by atoms with E-state index in [0.717, 1.165) is 12.8 Å². The summed E-state index contributed by atoms with van der Waals surface area (Å²) in [5.74, 6) is 0. The third kappa shape index (κ3) is 19.6. The summed E-state index contributed by atoms with van der Waals surface area (Å²) in [6, 6.07) is 6.61. The van der Waals surface area contributed by atoms with Crippen molar-refractivity contribution in [2.45, 2.75) is 147 Å². The molecule has 1 rings (SSSR count). The third-order valence-electron chi connectivity index (χ3n) is 6.54. The topological polar surface area (TPSA) is 57.2 Å². The summed E-state index contributed by atoms with van der Waals surface area (Å²) >= 11 is 0. The molecule has 0 radical (unpaired) electrons. The first-order valence-electron chi connectivity index (χ1n) is 13.6. The molecule has 0 aliphatic rings. The van der Waals surface area contributed by atoms with E-state index in [1.807, 2.05) is 0 Å². The molecular weight excluding hydrogens is 455 g/mol. The Kier molecular flexibility index (Phi) is 23.7. The standard InChI is InChI=1S/C28H50O3S.K/c1-2-3-4-5-6-7-8-9-10-11-12-13-14-15-16-17-18-19-20-21-24-27-25-22-23-26-28(27)32(29,30)31;/h22-23,25-26H,2-21,24H2,1H3,(H,29,30,31);/q;+1/p-1. The van der Waals surface area contributed by atoms with Crippen LogP contribution in [0.5, 0.6) is 0 Å². The molecule has 33 heavy (non-hydrogen) atoms. The molecule has 0 fully saturated rings. The van der Waals surface area contributed by atoms with Gasteiger partial charge in [0.1, 0.15) is 10.1 Å². The van der Waals surface area contributed by atoms with E-state index in [1.165, 1.54) is 122 Å². The van der Waals surface area contributed by atoms with E-state index in [2.05, 4.69) is 6.92 Å². The first kappa shape index (κ1) is 33.8. The average molecular weight is 505 g/mol. The molecule has 0 aromatic heterocycles. The van der Waals surface area contributed by atoms with E-state index in [0.29, 0.717) is 12.0 Å². The van der Waals surface area contributed by atoms with E-state index in [9.17, 15) is 13.0 Å². The van der Waals surface area contributed by atoms with Crippen molar-refractivity contribution in [3.63, 3.8) is 0 Å². The molecule has 5 heteroatoms. The summed E-state index contributed by atoms with van der Waals surface area (Å²) in [6.45, 7) is 2.28. The molecule has 1 aromatic rings. The van der Waals surface area contributed by atoms with Crippen LogP contribution in [0.3, 0.4) is 0 Å². The molecule has 0 saturated heterocycles. The van der Waals surface area contributed by atoms with Crippen LogP contribution in [-0.4, -0.2) is 13.0 Å². The van der Waals surface area contributed by atoms with Gasteiger partial charge in [-0.15, -0.1) is 0 Å². The molecule has 0 saturated carbocycles. The van der Waals surface area contributed by atoms with Crippen LogP contribution in [0.15, 0.2) is 29.2 Å². The molecular formula is C28H49KO3S. The van der Waals surface area contributed by atoms with Crippen molar-refractivity contribution >= 4 is 10.1 Å². The second-order valence-corrected chi connectivity index (χ2v) is 10.9. The maximum atomic E-state index is 11.3. The Labute approximate surface area is 248 Å². The third-order valence-corrected chi connectivity index (χ3v) is 7.48. The van der Waals surface area contributed by atoms with E-state index in [-0.39, 0.29) is 56.3 Å². The van der Waals surface area contributed by atoms with E-state index >= 15 is 0 Å². The molecule has 0 aliphatic heterocycles. The number of aryl methyl sites for hydroxylation is 1. The van der Waals surface area contributed by atoms with Crippen LogP contribution in [0.25, 0.3) is 0 Å². The Morgan fingerprint density at radius 2 is 0.909 bits per heavy atom. The molecule has 0 amide bonds. The first-order chi connectivity index (χ1) is 15.6. The first-order valence-corrected chi connectivity index (χ1v) is 15.0. The zero-order valence-electron chi connectivity index (χ0n) is 21.8. The van der Waals surface area contributed by atoms with E-state index in [4.69, 9.17) is 0 Å². The number of benzene rings is 1. The van der Waals surface area contributed by atoms with Crippen molar-refractivity contribution in [2.75, 3.05) is 0 Å². The molecule has 186 valence electrons. The smallest absolute Gasteiger partial charge is 0.744 e. The maximum absolute atomic E-state index is 11.3. The van der Waals surface area contributed by atoms with Gasteiger partial charge in [0.2, 0.25) is 0 Å². The van der Waals surface area contributed by atoms with Gasteiger partial charge in [-0.05, 0) is 24.5 Å². The maximum Gasteiger partial charge on any atom is 1.00 e. The second kappa shape index (κ2) is 23.2. The van der Waals surface area contributed by atoms with Gasteiger partial charge in [0, 0.05) is 0 Å². The minimum atomic E-state index is -4.36. The van der Waals surface area contributed by atoms with Gasteiger partial charge in [0.05, 0.1) is 4.90 Å². The predicted octanol–water partition coefficient (Wildman–Crippen LogP) is 5.96. The number of rotatable bonds is 22. The normalized spacial score (nSPS) is 11.5. The molecule has 1 aromatic carbocycles. The minimum absolute atomic E-state index is 0. The van der Waals surface area contributed by atoms with Crippen LogP contribution < -0.4 is 51.4 Å². The van der Waals surface area contributed by atoms with Crippen LogP contribution in [0.2, 0.25) is 0 Å². The van der Waals surface area contributed by atoms with E-state index < -0.39 is 10.1 Å². The monoisotopic (exact) mass is 504 g/mol. The predicted molar refractivity (Wildman–Crippen MR) is 136 cm³/mol. The van der Waals surface area contributed by atoms with Gasteiger partial charge < -0.3 is 4.55 Å². The van der Waals surface area contributed by atoms with Crippen LogP contribution in [-0.2, 0) is 16.5 Å². The van der Waals surface area contributed by atoms with Crippen molar-refractivity contribution in [1.29, 1.82) is 0 Å². The fourth-order valence-corrected chi connectivity index (χ4v) is 5.26. The van der Waals surface area contributed by atoms with Gasteiger partial charge in [0.15, 0.2) is 0 Å². The molecule has 0 unspecified atom stereocenters.